The third-order valence-electron chi connectivity index (χ3n) is 3.04. The van der Waals surface area contributed by atoms with Gasteiger partial charge < -0.3 is 5.32 Å². The van der Waals surface area contributed by atoms with E-state index in [-0.39, 0.29) is 5.91 Å². The lowest BCUT2D eigenvalue weighted by Crippen LogP contribution is -2.08. The number of benzene rings is 1. The van der Waals surface area contributed by atoms with E-state index < -0.39 is 0 Å². The van der Waals surface area contributed by atoms with E-state index in [1.165, 1.54) is 6.08 Å². The number of hydrogen-bond donors (Lipinski definition) is 1. The highest BCUT2D eigenvalue weighted by Crippen LogP contribution is 2.25. The van der Waals surface area contributed by atoms with E-state index in [0.717, 1.165) is 17.8 Å². The number of hydrogen-bond acceptors (Lipinski definition) is 2. The topological polar surface area (TPSA) is 46.9 Å². The van der Waals surface area contributed by atoms with Gasteiger partial charge in [0.1, 0.15) is 0 Å². The summed E-state index contributed by atoms with van der Waals surface area (Å²) in [5.41, 5.74) is 2.46. The normalized spacial score (nSPS) is 11.0. The largest absolute Gasteiger partial charge is 0.321 e. The van der Waals surface area contributed by atoms with Gasteiger partial charge in [0.05, 0.1) is 16.9 Å². The van der Waals surface area contributed by atoms with Crippen LogP contribution in [0.4, 0.5) is 5.69 Å². The van der Waals surface area contributed by atoms with E-state index in [2.05, 4.69) is 10.4 Å². The summed E-state index contributed by atoms with van der Waals surface area (Å²) in [5, 5.41) is 7.85. The number of nitrogens with zero attached hydrogens (tertiary/aromatic N) is 2. The average molecular weight is 324 g/mol. The van der Waals surface area contributed by atoms with E-state index >= 15 is 0 Å². The highest BCUT2D eigenvalue weighted by Gasteiger charge is 2.05. The second-order valence-corrected chi connectivity index (χ2v) is 5.29. The Hall–Kier alpha value is -1.78. The molecular weight excluding hydrogens is 309 g/mol. The summed E-state index contributed by atoms with van der Waals surface area (Å²) in [7, 11) is 0. The van der Waals surface area contributed by atoms with Gasteiger partial charge in [0.25, 0.3) is 0 Å². The van der Waals surface area contributed by atoms with E-state index in [4.69, 9.17) is 23.2 Å². The van der Waals surface area contributed by atoms with Gasteiger partial charge in [0, 0.05) is 28.9 Å². The van der Waals surface area contributed by atoms with Crippen molar-refractivity contribution in [2.75, 3.05) is 5.32 Å². The molecule has 0 aliphatic carbocycles. The Labute approximate surface area is 133 Å². The van der Waals surface area contributed by atoms with Gasteiger partial charge in [-0.05, 0) is 38.1 Å². The van der Waals surface area contributed by atoms with Gasteiger partial charge in [-0.15, -0.1) is 0 Å². The monoisotopic (exact) mass is 323 g/mol. The van der Waals surface area contributed by atoms with E-state index in [1.54, 1.807) is 30.5 Å². The summed E-state index contributed by atoms with van der Waals surface area (Å²) < 4.78 is 1.87. The maximum atomic E-state index is 11.9. The first-order valence-electron chi connectivity index (χ1n) is 6.47. The van der Waals surface area contributed by atoms with Crippen molar-refractivity contribution in [2.24, 2.45) is 0 Å². The molecule has 0 fully saturated rings. The van der Waals surface area contributed by atoms with Gasteiger partial charge in [-0.1, -0.05) is 23.2 Å². The molecule has 0 unspecified atom stereocenters. The van der Waals surface area contributed by atoms with Crippen LogP contribution in [0.2, 0.25) is 10.0 Å². The highest BCUT2D eigenvalue weighted by atomic mass is 35.5. The number of anilines is 1. The predicted molar refractivity (Wildman–Crippen MR) is 86.8 cm³/mol. The van der Waals surface area contributed by atoms with Crippen LogP contribution in [0.25, 0.3) is 6.08 Å². The Kier molecular flexibility index (Phi) is 5.04. The van der Waals surface area contributed by atoms with Crippen LogP contribution in [-0.4, -0.2) is 15.7 Å². The molecule has 1 N–H and O–H groups in total. The first-order chi connectivity index (χ1) is 10.0. The zero-order chi connectivity index (χ0) is 15.4. The lowest BCUT2D eigenvalue weighted by atomic mass is 10.2. The molecule has 0 bridgehead atoms. The third kappa shape index (κ3) is 3.86. The van der Waals surface area contributed by atoms with Crippen LogP contribution in [0.3, 0.4) is 0 Å². The van der Waals surface area contributed by atoms with Crippen LogP contribution in [-0.2, 0) is 11.3 Å². The van der Waals surface area contributed by atoms with Crippen molar-refractivity contribution in [3.63, 3.8) is 0 Å². The molecule has 0 saturated heterocycles. The summed E-state index contributed by atoms with van der Waals surface area (Å²) in [5.74, 6) is -0.261. The van der Waals surface area contributed by atoms with Gasteiger partial charge in [-0.2, -0.15) is 5.10 Å². The molecule has 0 saturated carbocycles. The Morgan fingerprint density at radius 3 is 2.81 bits per heavy atom. The van der Waals surface area contributed by atoms with Crippen molar-refractivity contribution in [3.05, 3.63) is 51.8 Å². The molecular formula is C15H15Cl2N3O. The Morgan fingerprint density at radius 1 is 1.43 bits per heavy atom. The first-order valence-corrected chi connectivity index (χ1v) is 7.23. The van der Waals surface area contributed by atoms with Crippen molar-refractivity contribution < 1.29 is 4.79 Å². The molecule has 1 aromatic carbocycles. The Morgan fingerprint density at radius 2 is 2.19 bits per heavy atom. The lowest BCUT2D eigenvalue weighted by Gasteiger charge is -2.04. The minimum Gasteiger partial charge on any atom is -0.321 e. The number of rotatable bonds is 4. The molecule has 110 valence electrons. The molecule has 2 rings (SSSR count). The smallest absolute Gasteiger partial charge is 0.248 e. The van der Waals surface area contributed by atoms with Crippen LogP contribution in [0.1, 0.15) is 18.2 Å². The number of amides is 1. The minimum atomic E-state index is -0.261. The predicted octanol–water partition coefficient (Wildman–Crippen LogP) is 4.17. The van der Waals surface area contributed by atoms with Crippen LogP contribution in [0, 0.1) is 6.92 Å². The standard InChI is InChI=1S/C15H15Cl2N3O/c1-3-20-10(2)11(9-18-20)4-7-15(21)19-14-6-5-12(16)8-13(14)17/h4-9H,3H2,1-2H3,(H,19,21). The van der Waals surface area contributed by atoms with Crippen LogP contribution >= 0.6 is 23.2 Å². The van der Waals surface area contributed by atoms with Crippen LogP contribution in [0.5, 0.6) is 0 Å². The number of carbonyl (C=O) groups is 1. The quantitative estimate of drug-likeness (QED) is 0.858. The molecule has 6 heteroatoms. The van der Waals surface area contributed by atoms with Gasteiger partial charge in [0.2, 0.25) is 5.91 Å². The maximum absolute atomic E-state index is 11.9. The van der Waals surface area contributed by atoms with Gasteiger partial charge in [-0.3, -0.25) is 9.48 Å². The average Bonchev–Trinajstić information content (AvgIpc) is 2.80. The zero-order valence-corrected chi connectivity index (χ0v) is 13.2. The van der Waals surface area contributed by atoms with Crippen molar-refractivity contribution in [1.29, 1.82) is 0 Å². The lowest BCUT2D eigenvalue weighted by molar-refractivity contribution is -0.111. The number of aryl methyl sites for hydroxylation is 1. The molecule has 21 heavy (non-hydrogen) atoms. The minimum absolute atomic E-state index is 0.261. The maximum Gasteiger partial charge on any atom is 0.248 e. The molecule has 0 radical (unpaired) electrons. The summed E-state index contributed by atoms with van der Waals surface area (Å²) >= 11 is 11.8. The number of halogens is 2. The molecule has 1 heterocycles. The fraction of sp³-hybridized carbons (Fsp3) is 0.200. The van der Waals surface area contributed by atoms with Gasteiger partial charge in [0.15, 0.2) is 0 Å². The van der Waals surface area contributed by atoms with E-state index in [9.17, 15) is 4.79 Å². The zero-order valence-electron chi connectivity index (χ0n) is 11.7. The fourth-order valence-corrected chi connectivity index (χ4v) is 2.33. The molecule has 0 aliphatic rings. The molecule has 1 aromatic heterocycles. The molecule has 0 aliphatic heterocycles. The summed E-state index contributed by atoms with van der Waals surface area (Å²) in [6.45, 7) is 4.78. The van der Waals surface area contributed by atoms with Crippen molar-refractivity contribution >= 4 is 40.9 Å². The second kappa shape index (κ2) is 6.78. The molecule has 2 aromatic rings. The van der Waals surface area contributed by atoms with Crippen molar-refractivity contribution in [3.8, 4) is 0 Å². The van der Waals surface area contributed by atoms with E-state index in [1.807, 2.05) is 18.5 Å². The summed E-state index contributed by atoms with van der Waals surface area (Å²) in [6.07, 6.45) is 4.92. The summed E-state index contributed by atoms with van der Waals surface area (Å²) in [4.78, 5) is 11.9. The molecule has 1 amide bonds. The van der Waals surface area contributed by atoms with Gasteiger partial charge in [-0.25, -0.2) is 0 Å². The number of carbonyl (C=O) groups excluding carboxylic acids is 1. The van der Waals surface area contributed by atoms with Crippen LogP contribution < -0.4 is 5.32 Å². The van der Waals surface area contributed by atoms with Crippen molar-refractivity contribution in [2.45, 2.75) is 20.4 Å². The molecule has 0 spiro atoms. The number of nitrogens with one attached hydrogen (secondary N) is 1. The molecule has 4 nitrogen and oxygen atoms in total. The van der Waals surface area contributed by atoms with E-state index in [0.29, 0.717) is 15.7 Å². The Bertz CT molecular complexity index is 692. The third-order valence-corrected chi connectivity index (χ3v) is 3.59. The van der Waals surface area contributed by atoms with Crippen LogP contribution in [0.15, 0.2) is 30.5 Å². The Balaban J connectivity index is 2.07. The SMILES string of the molecule is CCn1ncc(C=CC(=O)Nc2ccc(Cl)cc2Cl)c1C. The van der Waals surface area contributed by atoms with Crippen molar-refractivity contribution in [1.82, 2.24) is 9.78 Å². The highest BCUT2D eigenvalue weighted by molar-refractivity contribution is 6.36. The fourth-order valence-electron chi connectivity index (χ4n) is 1.87. The second-order valence-electron chi connectivity index (χ2n) is 4.45. The number of aromatic nitrogens is 2. The van der Waals surface area contributed by atoms with Gasteiger partial charge >= 0.3 is 0 Å². The first kappa shape index (κ1) is 15.6. The molecule has 0 atom stereocenters. The summed E-state index contributed by atoms with van der Waals surface area (Å²) in [6, 6.07) is 4.91.